The number of carboxylic acid groups (broad SMARTS) is 1. The molecule has 106 valence electrons. The molecule has 0 unspecified atom stereocenters. The number of hydrogen-bond donors (Lipinski definition) is 1. The van der Waals surface area contributed by atoms with Crippen LogP contribution in [0.2, 0.25) is 0 Å². The van der Waals surface area contributed by atoms with E-state index in [1.165, 1.54) is 17.8 Å². The van der Waals surface area contributed by atoms with Crippen molar-refractivity contribution in [2.75, 3.05) is 19.3 Å². The topological polar surface area (TPSA) is 74.7 Å². The molecule has 0 aromatic heterocycles. The summed E-state index contributed by atoms with van der Waals surface area (Å²) in [5.74, 6) is -0.836. The fourth-order valence-corrected chi connectivity index (χ4v) is 4.25. The molecule has 1 rings (SSSR count). The second-order valence-electron chi connectivity index (χ2n) is 5.59. The Hall–Kier alpha value is -0.620. The highest BCUT2D eigenvalue weighted by Gasteiger charge is 2.34. The molecule has 0 aliphatic heterocycles. The molecule has 1 fully saturated rings. The molecular formula is C12H23NO4S. The van der Waals surface area contributed by atoms with Gasteiger partial charge in [0.15, 0.2) is 0 Å². The standard InChI is InChI=1S/C12H23NO4S/c1-12(7-4-3-5-8-12)10-18(16,17)13(2)9-6-11(14)15/h3-10H2,1-2H3,(H,14,15). The summed E-state index contributed by atoms with van der Waals surface area (Å²) < 4.78 is 25.5. The Morgan fingerprint density at radius 1 is 1.28 bits per heavy atom. The molecule has 0 aromatic rings. The fraction of sp³-hybridized carbons (Fsp3) is 0.917. The quantitative estimate of drug-likeness (QED) is 0.801. The van der Waals surface area contributed by atoms with Gasteiger partial charge in [-0.25, -0.2) is 12.7 Å². The molecule has 0 radical (unpaired) electrons. The maximum absolute atomic E-state index is 12.1. The van der Waals surface area contributed by atoms with Gasteiger partial charge in [-0.05, 0) is 18.3 Å². The maximum atomic E-state index is 12.1. The molecular weight excluding hydrogens is 254 g/mol. The SMILES string of the molecule is CN(CCC(=O)O)S(=O)(=O)CC1(C)CCCCC1. The van der Waals surface area contributed by atoms with Gasteiger partial charge in [-0.15, -0.1) is 0 Å². The Morgan fingerprint density at radius 2 is 1.83 bits per heavy atom. The van der Waals surface area contributed by atoms with Crippen molar-refractivity contribution in [1.82, 2.24) is 4.31 Å². The van der Waals surface area contributed by atoms with Crippen LogP contribution < -0.4 is 0 Å². The Bertz CT molecular complexity index is 385. The molecule has 1 aliphatic rings. The molecule has 0 heterocycles. The van der Waals surface area contributed by atoms with Crippen molar-refractivity contribution in [3.63, 3.8) is 0 Å². The summed E-state index contributed by atoms with van der Waals surface area (Å²) in [5, 5.41) is 8.58. The van der Waals surface area contributed by atoms with E-state index in [4.69, 9.17) is 5.11 Å². The molecule has 1 N–H and O–H groups in total. The van der Waals surface area contributed by atoms with Crippen molar-refractivity contribution < 1.29 is 18.3 Å². The van der Waals surface area contributed by atoms with E-state index >= 15 is 0 Å². The van der Waals surface area contributed by atoms with E-state index in [1.54, 1.807) is 0 Å². The average Bonchev–Trinajstić information content (AvgIpc) is 2.25. The molecule has 0 bridgehead atoms. The Morgan fingerprint density at radius 3 is 2.33 bits per heavy atom. The van der Waals surface area contributed by atoms with Crippen LogP contribution in [0.4, 0.5) is 0 Å². The van der Waals surface area contributed by atoms with Crippen LogP contribution in [0.15, 0.2) is 0 Å². The van der Waals surface area contributed by atoms with Crippen LogP contribution in [0.3, 0.4) is 0 Å². The number of aliphatic carboxylic acids is 1. The molecule has 5 nitrogen and oxygen atoms in total. The van der Waals surface area contributed by atoms with Crippen LogP contribution in [0.25, 0.3) is 0 Å². The van der Waals surface area contributed by atoms with Crippen molar-refractivity contribution in [2.45, 2.75) is 45.4 Å². The van der Waals surface area contributed by atoms with E-state index in [0.717, 1.165) is 25.7 Å². The Kier molecular flexibility index (Phi) is 5.16. The van der Waals surface area contributed by atoms with E-state index in [1.807, 2.05) is 6.92 Å². The van der Waals surface area contributed by atoms with Crippen LogP contribution in [0.1, 0.15) is 45.4 Å². The second-order valence-corrected chi connectivity index (χ2v) is 7.67. The van der Waals surface area contributed by atoms with E-state index in [0.29, 0.717) is 0 Å². The van der Waals surface area contributed by atoms with Gasteiger partial charge < -0.3 is 5.11 Å². The van der Waals surface area contributed by atoms with Crippen LogP contribution in [0.5, 0.6) is 0 Å². The van der Waals surface area contributed by atoms with E-state index in [-0.39, 0.29) is 24.1 Å². The number of nitrogens with zero attached hydrogens (tertiary/aromatic N) is 1. The third-order valence-electron chi connectivity index (χ3n) is 3.71. The Balaban J connectivity index is 2.59. The number of rotatable bonds is 6. The summed E-state index contributed by atoms with van der Waals surface area (Å²) in [4.78, 5) is 10.5. The van der Waals surface area contributed by atoms with E-state index in [9.17, 15) is 13.2 Å². The van der Waals surface area contributed by atoms with Gasteiger partial charge in [-0.2, -0.15) is 0 Å². The third-order valence-corrected chi connectivity index (χ3v) is 5.90. The van der Waals surface area contributed by atoms with E-state index in [2.05, 4.69) is 0 Å². The zero-order valence-corrected chi connectivity index (χ0v) is 12.0. The van der Waals surface area contributed by atoms with Gasteiger partial charge >= 0.3 is 5.97 Å². The van der Waals surface area contributed by atoms with Crippen LogP contribution in [-0.4, -0.2) is 43.1 Å². The maximum Gasteiger partial charge on any atom is 0.304 e. The van der Waals surface area contributed by atoms with Crippen LogP contribution >= 0.6 is 0 Å². The highest BCUT2D eigenvalue weighted by Crippen LogP contribution is 2.37. The lowest BCUT2D eigenvalue weighted by Gasteiger charge is -2.34. The summed E-state index contributed by atoms with van der Waals surface area (Å²) in [7, 11) is -1.88. The predicted molar refractivity (Wildman–Crippen MR) is 69.9 cm³/mol. The van der Waals surface area contributed by atoms with Crippen molar-refractivity contribution >= 4 is 16.0 Å². The first-order valence-corrected chi connectivity index (χ1v) is 8.02. The summed E-state index contributed by atoms with van der Waals surface area (Å²) in [6.45, 7) is 2.07. The second kappa shape index (κ2) is 6.02. The summed E-state index contributed by atoms with van der Waals surface area (Å²) in [6, 6.07) is 0. The fourth-order valence-electron chi connectivity index (χ4n) is 2.49. The number of hydrogen-bond acceptors (Lipinski definition) is 3. The number of sulfonamides is 1. The van der Waals surface area contributed by atoms with Crippen LogP contribution in [0, 0.1) is 5.41 Å². The first kappa shape index (κ1) is 15.4. The van der Waals surface area contributed by atoms with Gasteiger partial charge in [0.1, 0.15) is 0 Å². The van der Waals surface area contributed by atoms with Gasteiger partial charge in [0.25, 0.3) is 0 Å². The van der Waals surface area contributed by atoms with Gasteiger partial charge in [0, 0.05) is 13.6 Å². The minimum atomic E-state index is -3.34. The lowest BCUT2D eigenvalue weighted by molar-refractivity contribution is -0.137. The average molecular weight is 277 g/mol. The molecule has 0 saturated heterocycles. The molecule has 1 aliphatic carbocycles. The first-order valence-electron chi connectivity index (χ1n) is 6.41. The van der Waals surface area contributed by atoms with Gasteiger partial charge in [-0.3, -0.25) is 4.79 Å². The zero-order valence-electron chi connectivity index (χ0n) is 11.2. The highest BCUT2D eigenvalue weighted by molar-refractivity contribution is 7.89. The third kappa shape index (κ3) is 4.57. The van der Waals surface area contributed by atoms with Crippen LogP contribution in [-0.2, 0) is 14.8 Å². The summed E-state index contributed by atoms with van der Waals surface area (Å²) in [5.41, 5.74) is -0.144. The highest BCUT2D eigenvalue weighted by atomic mass is 32.2. The molecule has 0 aromatic carbocycles. The smallest absolute Gasteiger partial charge is 0.304 e. The molecule has 6 heteroatoms. The van der Waals surface area contributed by atoms with Gasteiger partial charge in [0.2, 0.25) is 10.0 Å². The molecule has 0 atom stereocenters. The summed E-state index contributed by atoms with van der Waals surface area (Å²) in [6.07, 6.45) is 5.10. The molecule has 0 spiro atoms. The summed E-state index contributed by atoms with van der Waals surface area (Å²) >= 11 is 0. The van der Waals surface area contributed by atoms with Crippen molar-refractivity contribution in [2.24, 2.45) is 5.41 Å². The minimum Gasteiger partial charge on any atom is -0.481 e. The largest absolute Gasteiger partial charge is 0.481 e. The Labute approximate surface area is 109 Å². The molecule has 1 saturated carbocycles. The van der Waals surface area contributed by atoms with Gasteiger partial charge in [-0.1, -0.05) is 26.2 Å². The van der Waals surface area contributed by atoms with E-state index < -0.39 is 16.0 Å². The number of carbonyl (C=O) groups is 1. The lowest BCUT2D eigenvalue weighted by atomic mass is 9.77. The van der Waals surface area contributed by atoms with Crippen molar-refractivity contribution in [3.8, 4) is 0 Å². The normalized spacial score (nSPS) is 19.9. The molecule has 18 heavy (non-hydrogen) atoms. The first-order chi connectivity index (χ1) is 8.25. The zero-order chi connectivity index (χ0) is 13.8. The number of carboxylic acids is 1. The van der Waals surface area contributed by atoms with Crippen molar-refractivity contribution in [1.29, 1.82) is 0 Å². The predicted octanol–water partition coefficient (Wildman–Crippen LogP) is 1.69. The van der Waals surface area contributed by atoms with Crippen molar-refractivity contribution in [3.05, 3.63) is 0 Å². The monoisotopic (exact) mass is 277 g/mol. The molecule has 0 amide bonds. The minimum absolute atomic E-state index is 0.0494. The van der Waals surface area contributed by atoms with Gasteiger partial charge in [0.05, 0.1) is 12.2 Å². The lowest BCUT2D eigenvalue weighted by Crippen LogP contribution is -2.38.